The molecule has 0 amide bonds. The van der Waals surface area contributed by atoms with Crippen molar-refractivity contribution in [1.82, 2.24) is 0 Å². The highest BCUT2D eigenvalue weighted by Gasteiger charge is 2.11. The van der Waals surface area contributed by atoms with Crippen LogP contribution in [0.1, 0.15) is 16.5 Å². The Morgan fingerprint density at radius 3 is 2.50 bits per heavy atom. The number of benzene rings is 1. The van der Waals surface area contributed by atoms with Crippen molar-refractivity contribution in [1.29, 1.82) is 0 Å². The third kappa shape index (κ3) is 2.77. The molecule has 4 heteroatoms. The van der Waals surface area contributed by atoms with E-state index in [0.717, 1.165) is 21.3 Å². The Hall–Kier alpha value is -0.540. The van der Waals surface area contributed by atoms with E-state index < -0.39 is 0 Å². The van der Waals surface area contributed by atoms with Crippen molar-refractivity contribution in [2.24, 2.45) is 5.73 Å². The Balaban J connectivity index is 2.14. The van der Waals surface area contributed by atoms with Crippen LogP contribution in [0.25, 0.3) is 0 Å². The fraction of sp³-hybridized carbons (Fsp3) is 0.167. The maximum absolute atomic E-state index is 6.12. The summed E-state index contributed by atoms with van der Waals surface area (Å²) in [5, 5.41) is 0.720. The number of hydrogen-bond acceptors (Lipinski definition) is 2. The van der Waals surface area contributed by atoms with Gasteiger partial charge in [-0.25, -0.2) is 0 Å². The monoisotopic (exact) mass is 271 g/mol. The van der Waals surface area contributed by atoms with Crippen molar-refractivity contribution in [3.8, 4) is 0 Å². The van der Waals surface area contributed by atoms with Crippen LogP contribution >= 0.6 is 34.5 Å². The maximum Gasteiger partial charge on any atom is 0.0931 e. The van der Waals surface area contributed by atoms with Crippen molar-refractivity contribution >= 4 is 34.5 Å². The smallest absolute Gasteiger partial charge is 0.0931 e. The van der Waals surface area contributed by atoms with E-state index in [2.05, 4.69) is 0 Å². The highest BCUT2D eigenvalue weighted by Crippen LogP contribution is 2.28. The summed E-state index contributed by atoms with van der Waals surface area (Å²) in [4.78, 5) is 1.18. The predicted molar refractivity (Wildman–Crippen MR) is 71.4 cm³/mol. The molecule has 1 aromatic heterocycles. The van der Waals surface area contributed by atoms with Gasteiger partial charge in [0.1, 0.15) is 0 Å². The minimum Gasteiger partial charge on any atom is -0.324 e. The third-order valence-corrected chi connectivity index (χ3v) is 3.95. The summed E-state index contributed by atoms with van der Waals surface area (Å²) in [6.07, 6.45) is 0.765. The Kier molecular flexibility index (Phi) is 3.87. The van der Waals surface area contributed by atoms with Crippen molar-refractivity contribution < 1.29 is 0 Å². The lowest BCUT2D eigenvalue weighted by atomic mass is 10.0. The first-order valence-electron chi connectivity index (χ1n) is 4.91. The summed E-state index contributed by atoms with van der Waals surface area (Å²) < 4.78 is 0.793. The molecule has 0 aliphatic rings. The predicted octanol–water partition coefficient (Wildman–Crippen LogP) is 4.30. The van der Waals surface area contributed by atoms with Gasteiger partial charge in [0.2, 0.25) is 0 Å². The number of halogens is 2. The van der Waals surface area contributed by atoms with Gasteiger partial charge < -0.3 is 5.73 Å². The molecule has 0 bridgehead atoms. The molecule has 16 heavy (non-hydrogen) atoms. The largest absolute Gasteiger partial charge is 0.324 e. The molecule has 0 aliphatic carbocycles. The van der Waals surface area contributed by atoms with Gasteiger partial charge in [-0.2, -0.15) is 0 Å². The normalized spacial score (nSPS) is 12.7. The lowest BCUT2D eigenvalue weighted by Gasteiger charge is -2.12. The van der Waals surface area contributed by atoms with Gasteiger partial charge in [-0.15, -0.1) is 11.3 Å². The molecule has 0 radical (unpaired) electrons. The zero-order valence-electron chi connectivity index (χ0n) is 8.49. The molecule has 0 saturated carbocycles. The minimum atomic E-state index is -0.0802. The molecule has 0 aliphatic heterocycles. The number of rotatable bonds is 3. The maximum atomic E-state index is 6.12. The molecule has 2 N–H and O–H groups in total. The molecule has 1 atom stereocenters. The van der Waals surface area contributed by atoms with E-state index in [4.69, 9.17) is 28.9 Å². The molecule has 2 aromatic rings. The molecule has 0 spiro atoms. The second kappa shape index (κ2) is 5.19. The lowest BCUT2D eigenvalue weighted by Crippen LogP contribution is -2.13. The van der Waals surface area contributed by atoms with E-state index >= 15 is 0 Å². The summed E-state index contributed by atoms with van der Waals surface area (Å²) in [7, 11) is 0. The quantitative estimate of drug-likeness (QED) is 0.885. The second-order valence-corrected chi connectivity index (χ2v) is 5.74. The van der Waals surface area contributed by atoms with Gasteiger partial charge in [0, 0.05) is 22.4 Å². The van der Waals surface area contributed by atoms with E-state index in [0.29, 0.717) is 0 Å². The van der Waals surface area contributed by atoms with Crippen LogP contribution in [-0.4, -0.2) is 0 Å². The van der Waals surface area contributed by atoms with Crippen LogP contribution in [0.15, 0.2) is 36.4 Å². The number of nitrogens with two attached hydrogens (primary N) is 1. The van der Waals surface area contributed by atoms with Crippen LogP contribution in [0.2, 0.25) is 9.36 Å². The van der Waals surface area contributed by atoms with Crippen LogP contribution in [0.5, 0.6) is 0 Å². The van der Waals surface area contributed by atoms with E-state index in [1.165, 1.54) is 4.88 Å². The average Bonchev–Trinajstić information content (AvgIpc) is 2.64. The van der Waals surface area contributed by atoms with Gasteiger partial charge in [0.25, 0.3) is 0 Å². The second-order valence-electron chi connectivity index (χ2n) is 3.54. The zero-order chi connectivity index (χ0) is 11.5. The van der Waals surface area contributed by atoms with Crippen molar-refractivity contribution in [3.63, 3.8) is 0 Å². The Morgan fingerprint density at radius 2 is 1.88 bits per heavy atom. The van der Waals surface area contributed by atoms with Crippen molar-refractivity contribution in [3.05, 3.63) is 56.2 Å². The van der Waals surface area contributed by atoms with Gasteiger partial charge in [0.05, 0.1) is 4.34 Å². The van der Waals surface area contributed by atoms with Crippen LogP contribution < -0.4 is 5.73 Å². The Bertz CT molecular complexity index is 481. The molecular formula is C12H11Cl2NS. The van der Waals surface area contributed by atoms with Crippen LogP contribution in [0, 0.1) is 0 Å². The highest BCUT2D eigenvalue weighted by atomic mass is 35.5. The summed E-state index contributed by atoms with van der Waals surface area (Å²) in [5.74, 6) is 0. The average molecular weight is 272 g/mol. The summed E-state index contributed by atoms with van der Waals surface area (Å²) in [6.45, 7) is 0. The molecule has 1 nitrogen and oxygen atoms in total. The summed E-state index contributed by atoms with van der Waals surface area (Å²) >= 11 is 13.5. The molecule has 0 fully saturated rings. The Labute approximate surface area is 109 Å². The molecule has 1 unspecified atom stereocenters. The molecule has 2 rings (SSSR count). The SMILES string of the molecule is NC(Cc1ccc(Cl)s1)c1ccccc1Cl. The van der Waals surface area contributed by atoms with Gasteiger partial charge in [-0.3, -0.25) is 0 Å². The molecular weight excluding hydrogens is 261 g/mol. The molecule has 84 valence electrons. The number of hydrogen-bond donors (Lipinski definition) is 1. The van der Waals surface area contributed by atoms with E-state index in [1.54, 1.807) is 11.3 Å². The fourth-order valence-corrected chi connectivity index (χ4v) is 2.99. The number of thiophene rings is 1. The van der Waals surface area contributed by atoms with Crippen molar-refractivity contribution in [2.75, 3.05) is 0 Å². The third-order valence-electron chi connectivity index (χ3n) is 2.35. The standard InChI is InChI=1S/C12H11Cl2NS/c13-10-4-2-1-3-9(10)11(15)7-8-5-6-12(14)16-8/h1-6,11H,7,15H2. The van der Waals surface area contributed by atoms with Crippen LogP contribution in [0.3, 0.4) is 0 Å². The minimum absolute atomic E-state index is 0.0802. The Morgan fingerprint density at radius 1 is 1.12 bits per heavy atom. The summed E-state index contributed by atoms with van der Waals surface area (Å²) in [6, 6.07) is 11.5. The summed E-state index contributed by atoms with van der Waals surface area (Å²) in [5.41, 5.74) is 7.10. The van der Waals surface area contributed by atoms with E-state index in [1.807, 2.05) is 36.4 Å². The van der Waals surface area contributed by atoms with Gasteiger partial charge in [0.15, 0.2) is 0 Å². The first kappa shape index (κ1) is 11.9. The fourth-order valence-electron chi connectivity index (χ4n) is 1.56. The molecule has 1 heterocycles. The molecule has 0 saturated heterocycles. The molecule has 1 aromatic carbocycles. The van der Waals surface area contributed by atoms with Gasteiger partial charge >= 0.3 is 0 Å². The zero-order valence-corrected chi connectivity index (χ0v) is 10.8. The van der Waals surface area contributed by atoms with Gasteiger partial charge in [-0.05, 0) is 23.8 Å². The highest BCUT2D eigenvalue weighted by molar-refractivity contribution is 7.16. The lowest BCUT2D eigenvalue weighted by molar-refractivity contribution is 0.730. The van der Waals surface area contributed by atoms with E-state index in [-0.39, 0.29) is 6.04 Å². The van der Waals surface area contributed by atoms with Crippen molar-refractivity contribution in [2.45, 2.75) is 12.5 Å². The first-order chi connectivity index (χ1) is 7.66. The van der Waals surface area contributed by atoms with Crippen LogP contribution in [-0.2, 0) is 6.42 Å². The van der Waals surface area contributed by atoms with Crippen LogP contribution in [0.4, 0.5) is 0 Å². The van der Waals surface area contributed by atoms with E-state index in [9.17, 15) is 0 Å². The first-order valence-corrected chi connectivity index (χ1v) is 6.48. The topological polar surface area (TPSA) is 26.0 Å². The van der Waals surface area contributed by atoms with Gasteiger partial charge in [-0.1, -0.05) is 41.4 Å².